The molecule has 1 aliphatic carbocycles. The van der Waals surface area contributed by atoms with Crippen LogP contribution >= 0.6 is 11.8 Å². The smallest absolute Gasteiger partial charge is 0.376 e. The SMILES string of the molecule is CN(C1CC=CCC1)[Si](C)(C)C.O=C(O)SC(=O)O. The fourth-order valence-electron chi connectivity index (χ4n) is 1.75. The molecule has 0 spiro atoms. The first-order chi connectivity index (χ1) is 8.64. The maximum absolute atomic E-state index is 9.39. The molecular formula is C12H23NO4SSi. The van der Waals surface area contributed by atoms with E-state index in [1.165, 1.54) is 19.3 Å². The third-order valence-electron chi connectivity index (χ3n) is 3.02. The van der Waals surface area contributed by atoms with E-state index in [1.54, 1.807) is 0 Å². The zero-order chi connectivity index (χ0) is 15.1. The molecule has 0 aromatic heterocycles. The van der Waals surface area contributed by atoms with Gasteiger partial charge in [0, 0.05) is 6.04 Å². The number of carboxylic acid groups (broad SMARTS) is 2. The molecule has 1 atom stereocenters. The third-order valence-corrected chi connectivity index (χ3v) is 5.85. The van der Waals surface area contributed by atoms with Gasteiger partial charge in [-0.1, -0.05) is 31.8 Å². The molecule has 0 aromatic carbocycles. The van der Waals surface area contributed by atoms with Crippen molar-refractivity contribution in [3.05, 3.63) is 12.2 Å². The Morgan fingerprint density at radius 3 is 2.00 bits per heavy atom. The molecular weight excluding hydrogens is 282 g/mol. The highest BCUT2D eigenvalue weighted by Crippen LogP contribution is 2.21. The molecule has 0 radical (unpaired) electrons. The molecule has 0 saturated carbocycles. The van der Waals surface area contributed by atoms with Crippen molar-refractivity contribution in [2.75, 3.05) is 7.05 Å². The summed E-state index contributed by atoms with van der Waals surface area (Å²) in [5.74, 6) is 0. The number of hydrogen-bond donors (Lipinski definition) is 2. The Morgan fingerprint density at radius 1 is 1.21 bits per heavy atom. The summed E-state index contributed by atoms with van der Waals surface area (Å²) in [6.45, 7) is 7.27. The summed E-state index contributed by atoms with van der Waals surface area (Å²) < 4.78 is 2.64. The molecule has 0 fully saturated rings. The van der Waals surface area contributed by atoms with Gasteiger partial charge in [0.05, 0.1) is 11.8 Å². The molecule has 0 aliphatic heterocycles. The summed E-state index contributed by atoms with van der Waals surface area (Å²) in [7, 11) is 1.25. The van der Waals surface area contributed by atoms with Crippen molar-refractivity contribution in [1.29, 1.82) is 0 Å². The molecule has 0 aromatic rings. The van der Waals surface area contributed by atoms with Crippen molar-refractivity contribution in [3.8, 4) is 0 Å². The van der Waals surface area contributed by atoms with E-state index in [1.807, 2.05) is 0 Å². The monoisotopic (exact) mass is 305 g/mol. The molecule has 2 N–H and O–H groups in total. The topological polar surface area (TPSA) is 77.8 Å². The minimum atomic E-state index is -1.40. The van der Waals surface area contributed by atoms with E-state index in [0.717, 1.165) is 6.04 Å². The fourth-order valence-corrected chi connectivity index (χ4v) is 3.23. The predicted octanol–water partition coefficient (Wildman–Crippen LogP) is 3.94. The van der Waals surface area contributed by atoms with E-state index < -0.39 is 18.8 Å². The van der Waals surface area contributed by atoms with E-state index >= 15 is 0 Å². The Bertz CT molecular complexity index is 329. The maximum Gasteiger partial charge on any atom is 0.376 e. The standard InChI is InChI=1S/C10H21NSi.C2H2O4S/c1-11(12(2,3)4)10-8-6-5-7-9-10;3-1(4)7-2(5)6/h5-6,10H,7-9H2,1-4H3;(H,3,4)(H,5,6). The van der Waals surface area contributed by atoms with Gasteiger partial charge in [-0.3, -0.25) is 0 Å². The molecule has 0 amide bonds. The fraction of sp³-hybridized carbons (Fsp3) is 0.667. The van der Waals surface area contributed by atoms with Crippen LogP contribution in [0.25, 0.3) is 0 Å². The first kappa shape index (κ1) is 18.2. The average molecular weight is 305 g/mol. The average Bonchev–Trinajstić information content (AvgIpc) is 2.27. The Labute approximate surface area is 119 Å². The third kappa shape index (κ3) is 8.85. The lowest BCUT2D eigenvalue weighted by molar-refractivity contribution is 0.217. The van der Waals surface area contributed by atoms with Crippen LogP contribution in [0.3, 0.4) is 0 Å². The van der Waals surface area contributed by atoms with E-state index in [0.29, 0.717) is 0 Å². The van der Waals surface area contributed by atoms with Crippen molar-refractivity contribution in [2.24, 2.45) is 0 Å². The minimum Gasteiger partial charge on any atom is -0.473 e. The number of carbonyl (C=O) groups is 2. The van der Waals surface area contributed by atoms with Gasteiger partial charge in [0.1, 0.15) is 8.24 Å². The number of rotatable bonds is 2. The highest BCUT2D eigenvalue weighted by molar-refractivity contribution is 8.25. The highest BCUT2D eigenvalue weighted by Gasteiger charge is 2.26. The van der Waals surface area contributed by atoms with Crippen molar-refractivity contribution in [3.63, 3.8) is 0 Å². The van der Waals surface area contributed by atoms with Crippen molar-refractivity contribution < 1.29 is 19.8 Å². The molecule has 110 valence electrons. The second kappa shape index (κ2) is 8.39. The van der Waals surface area contributed by atoms with Gasteiger partial charge in [0.2, 0.25) is 0 Å². The Balaban J connectivity index is 0.000000399. The molecule has 5 nitrogen and oxygen atoms in total. The van der Waals surface area contributed by atoms with Crippen LogP contribution in [0, 0.1) is 0 Å². The van der Waals surface area contributed by atoms with Crippen LogP contribution < -0.4 is 0 Å². The van der Waals surface area contributed by atoms with Gasteiger partial charge >= 0.3 is 10.6 Å². The molecule has 19 heavy (non-hydrogen) atoms. The van der Waals surface area contributed by atoms with E-state index in [2.05, 4.69) is 43.4 Å². The van der Waals surface area contributed by atoms with Gasteiger partial charge in [-0.2, -0.15) is 0 Å². The van der Waals surface area contributed by atoms with E-state index in [-0.39, 0.29) is 11.8 Å². The van der Waals surface area contributed by atoms with Crippen molar-refractivity contribution in [1.82, 2.24) is 4.57 Å². The molecule has 1 rings (SSSR count). The summed E-state index contributed by atoms with van der Waals surface area (Å²) in [4.78, 5) is 18.8. The van der Waals surface area contributed by atoms with Gasteiger partial charge in [-0.25, -0.2) is 9.59 Å². The number of nitrogens with zero attached hydrogens (tertiary/aromatic N) is 1. The minimum absolute atomic E-state index is 0.157. The van der Waals surface area contributed by atoms with Gasteiger partial charge in [-0.15, -0.1) is 0 Å². The Hall–Kier alpha value is -0.793. The van der Waals surface area contributed by atoms with Crippen LogP contribution in [0.4, 0.5) is 9.59 Å². The van der Waals surface area contributed by atoms with Crippen molar-refractivity contribution >= 4 is 30.6 Å². The van der Waals surface area contributed by atoms with Crippen molar-refractivity contribution in [2.45, 2.75) is 44.9 Å². The quantitative estimate of drug-likeness (QED) is 0.594. The first-order valence-corrected chi connectivity index (χ1v) is 10.4. The molecule has 1 aliphatic rings. The summed E-state index contributed by atoms with van der Waals surface area (Å²) >= 11 is -0.157. The Kier molecular flexibility index (Phi) is 8.04. The number of thioether (sulfide) groups is 1. The second-order valence-electron chi connectivity index (χ2n) is 5.35. The summed E-state index contributed by atoms with van der Waals surface area (Å²) in [5.41, 5.74) is 0. The molecule has 7 heteroatoms. The lowest BCUT2D eigenvalue weighted by Crippen LogP contribution is -2.49. The van der Waals surface area contributed by atoms with E-state index in [9.17, 15) is 9.59 Å². The maximum atomic E-state index is 9.39. The lowest BCUT2D eigenvalue weighted by atomic mass is 10.0. The number of allylic oxidation sites excluding steroid dienone is 1. The van der Waals surface area contributed by atoms with E-state index in [4.69, 9.17) is 10.2 Å². The van der Waals surface area contributed by atoms with Gasteiger partial charge in [0.15, 0.2) is 0 Å². The largest absolute Gasteiger partial charge is 0.473 e. The first-order valence-electron chi connectivity index (χ1n) is 6.16. The van der Waals surface area contributed by atoms with Crippen LogP contribution in [0.2, 0.25) is 19.6 Å². The Morgan fingerprint density at radius 2 is 1.74 bits per heavy atom. The van der Waals surface area contributed by atoms with Gasteiger partial charge < -0.3 is 14.8 Å². The lowest BCUT2D eigenvalue weighted by Gasteiger charge is -2.38. The normalized spacial score (nSPS) is 18.7. The summed E-state index contributed by atoms with van der Waals surface area (Å²) in [6, 6.07) is 0.821. The summed E-state index contributed by atoms with van der Waals surface area (Å²) in [5, 5.41) is 12.5. The molecule has 0 saturated heterocycles. The second-order valence-corrected chi connectivity index (χ2v) is 11.3. The van der Waals surface area contributed by atoms with Crippen LogP contribution in [0.1, 0.15) is 19.3 Å². The highest BCUT2D eigenvalue weighted by atomic mass is 32.2. The van der Waals surface area contributed by atoms with Gasteiger partial charge in [0.25, 0.3) is 0 Å². The summed E-state index contributed by atoms with van der Waals surface area (Å²) in [6.07, 6.45) is 8.55. The van der Waals surface area contributed by atoms with Crippen LogP contribution in [-0.4, -0.2) is 46.7 Å². The molecule has 0 heterocycles. The van der Waals surface area contributed by atoms with Crippen LogP contribution in [-0.2, 0) is 0 Å². The predicted molar refractivity (Wildman–Crippen MR) is 81.5 cm³/mol. The number of hydrogen-bond acceptors (Lipinski definition) is 4. The van der Waals surface area contributed by atoms with Gasteiger partial charge in [-0.05, 0) is 26.3 Å². The van der Waals surface area contributed by atoms with Crippen LogP contribution in [0.15, 0.2) is 12.2 Å². The zero-order valence-electron chi connectivity index (χ0n) is 11.9. The molecule has 1 unspecified atom stereocenters. The van der Waals surface area contributed by atoms with Crippen LogP contribution in [0.5, 0.6) is 0 Å². The molecule has 0 bridgehead atoms. The zero-order valence-corrected chi connectivity index (χ0v) is 13.7.